The molecule has 0 fully saturated rings. The Bertz CT molecular complexity index is 946. The second kappa shape index (κ2) is 8.53. The molecule has 1 heterocycles. The lowest BCUT2D eigenvalue weighted by Crippen LogP contribution is -2.42. The zero-order valence-corrected chi connectivity index (χ0v) is 17.1. The van der Waals surface area contributed by atoms with E-state index >= 15 is 0 Å². The first-order chi connectivity index (χ1) is 13.0. The van der Waals surface area contributed by atoms with Crippen LogP contribution in [0.1, 0.15) is 30.9 Å². The summed E-state index contributed by atoms with van der Waals surface area (Å²) in [5, 5.41) is 6.21. The number of sulfonamides is 1. The maximum atomic E-state index is 12.4. The predicted molar refractivity (Wildman–Crippen MR) is 101 cm³/mol. The highest BCUT2D eigenvalue weighted by Crippen LogP contribution is 2.19. The lowest BCUT2D eigenvalue weighted by molar-refractivity contribution is -0.154. The summed E-state index contributed by atoms with van der Waals surface area (Å²) < 4.78 is 37.0. The summed E-state index contributed by atoms with van der Waals surface area (Å²) in [5.74, 6) is -1.31. The maximum absolute atomic E-state index is 12.4. The molecule has 1 amide bonds. The molecule has 2 atom stereocenters. The summed E-state index contributed by atoms with van der Waals surface area (Å²) in [6.07, 6.45) is -1.11. The van der Waals surface area contributed by atoms with Crippen LogP contribution in [0.4, 0.5) is 5.69 Å². The van der Waals surface area contributed by atoms with Gasteiger partial charge in [0.1, 0.15) is 16.6 Å². The first kappa shape index (κ1) is 21.6. The van der Waals surface area contributed by atoms with Crippen LogP contribution in [0, 0.1) is 20.8 Å². The van der Waals surface area contributed by atoms with Gasteiger partial charge in [-0.1, -0.05) is 22.9 Å². The van der Waals surface area contributed by atoms with Gasteiger partial charge < -0.3 is 14.6 Å². The molecule has 28 heavy (non-hydrogen) atoms. The van der Waals surface area contributed by atoms with Crippen molar-refractivity contribution < 1.29 is 27.3 Å². The van der Waals surface area contributed by atoms with Gasteiger partial charge in [-0.25, -0.2) is 8.42 Å². The zero-order valence-electron chi connectivity index (χ0n) is 16.3. The van der Waals surface area contributed by atoms with Gasteiger partial charge in [0.25, 0.3) is 5.91 Å². The fourth-order valence-electron chi connectivity index (χ4n) is 2.41. The number of hydrogen-bond acceptors (Lipinski definition) is 7. The molecule has 0 unspecified atom stereocenters. The van der Waals surface area contributed by atoms with Crippen molar-refractivity contribution in [2.45, 2.75) is 51.7 Å². The number of hydrogen-bond donors (Lipinski definition) is 2. The van der Waals surface area contributed by atoms with Crippen LogP contribution in [0.5, 0.6) is 0 Å². The highest BCUT2D eigenvalue weighted by molar-refractivity contribution is 7.89. The Morgan fingerprint density at radius 1 is 1.11 bits per heavy atom. The Kier molecular flexibility index (Phi) is 6.57. The van der Waals surface area contributed by atoms with Crippen LogP contribution in [-0.4, -0.2) is 37.6 Å². The maximum Gasteiger partial charge on any atom is 0.324 e. The van der Waals surface area contributed by atoms with Crippen LogP contribution in [-0.2, 0) is 24.3 Å². The number of nitrogens with zero attached hydrogens (tertiary/aromatic N) is 1. The molecule has 0 aliphatic heterocycles. The minimum absolute atomic E-state index is 0.108. The number of benzene rings is 1. The summed E-state index contributed by atoms with van der Waals surface area (Å²) in [4.78, 5) is 24.2. The van der Waals surface area contributed by atoms with Gasteiger partial charge in [-0.2, -0.15) is 4.72 Å². The normalized spacial score (nSPS) is 13.6. The standard InChI is InChI=1S/C18H23N3O6S/c1-10-6-8-15(9-7-10)19-17(22)14(5)26-18(23)12(3)21-28(24,25)16-11(2)20-27-13(16)4/h6-9,12,14,21H,1-5H3,(H,19,22)/t12-,14+/m0/s1. The molecule has 0 saturated heterocycles. The number of esters is 1. The third-order valence-electron chi connectivity index (χ3n) is 3.90. The molecule has 0 bridgehead atoms. The zero-order chi connectivity index (χ0) is 21.1. The Morgan fingerprint density at radius 3 is 2.25 bits per heavy atom. The molecule has 0 aliphatic carbocycles. The molecule has 0 radical (unpaired) electrons. The van der Waals surface area contributed by atoms with Gasteiger partial charge in [0.05, 0.1) is 0 Å². The molecule has 152 valence electrons. The number of anilines is 1. The summed E-state index contributed by atoms with van der Waals surface area (Å²) in [6, 6.07) is 5.90. The van der Waals surface area contributed by atoms with Crippen molar-refractivity contribution in [3.63, 3.8) is 0 Å². The van der Waals surface area contributed by atoms with Crippen molar-refractivity contribution >= 4 is 27.6 Å². The van der Waals surface area contributed by atoms with Gasteiger partial charge in [-0.05, 0) is 46.8 Å². The molecule has 2 rings (SSSR count). The molecular weight excluding hydrogens is 386 g/mol. The Morgan fingerprint density at radius 2 is 1.71 bits per heavy atom. The SMILES string of the molecule is Cc1ccc(NC(=O)[C@@H](C)OC(=O)[C@H](C)NS(=O)(=O)c2c(C)noc2C)cc1. The van der Waals surface area contributed by atoms with Crippen molar-refractivity contribution in [2.75, 3.05) is 5.32 Å². The molecule has 2 aromatic rings. The molecule has 2 N–H and O–H groups in total. The second-order valence-electron chi connectivity index (χ2n) is 6.43. The van der Waals surface area contributed by atoms with E-state index in [1.165, 1.54) is 27.7 Å². The van der Waals surface area contributed by atoms with Crippen LogP contribution in [0.3, 0.4) is 0 Å². The Hall–Kier alpha value is -2.72. The third-order valence-corrected chi connectivity index (χ3v) is 5.69. The van der Waals surface area contributed by atoms with E-state index in [2.05, 4.69) is 15.2 Å². The summed E-state index contributed by atoms with van der Waals surface area (Å²) in [7, 11) is -4.04. The summed E-state index contributed by atoms with van der Waals surface area (Å²) in [6.45, 7) is 7.57. The smallest absolute Gasteiger partial charge is 0.324 e. The van der Waals surface area contributed by atoms with Crippen molar-refractivity contribution in [2.24, 2.45) is 0 Å². The largest absolute Gasteiger partial charge is 0.451 e. The first-order valence-corrected chi connectivity index (χ1v) is 10.0. The first-order valence-electron chi connectivity index (χ1n) is 8.54. The molecule has 0 saturated carbocycles. The minimum Gasteiger partial charge on any atom is -0.451 e. The lowest BCUT2D eigenvalue weighted by Gasteiger charge is -2.17. The number of nitrogens with one attached hydrogen (secondary N) is 2. The second-order valence-corrected chi connectivity index (χ2v) is 8.08. The molecule has 1 aromatic carbocycles. The monoisotopic (exact) mass is 409 g/mol. The van der Waals surface area contributed by atoms with Crippen molar-refractivity contribution in [3.8, 4) is 0 Å². The van der Waals surface area contributed by atoms with Crippen molar-refractivity contribution in [3.05, 3.63) is 41.3 Å². The third kappa shape index (κ3) is 5.17. The van der Waals surface area contributed by atoms with Crippen LogP contribution in [0.25, 0.3) is 0 Å². The number of amides is 1. The lowest BCUT2D eigenvalue weighted by atomic mass is 10.2. The number of aromatic nitrogens is 1. The van der Waals surface area contributed by atoms with Gasteiger partial charge in [-0.15, -0.1) is 0 Å². The highest BCUT2D eigenvalue weighted by Gasteiger charge is 2.30. The fraction of sp³-hybridized carbons (Fsp3) is 0.389. The molecule has 1 aromatic heterocycles. The van der Waals surface area contributed by atoms with E-state index < -0.39 is 34.0 Å². The average molecular weight is 409 g/mol. The number of aryl methyl sites for hydroxylation is 3. The van der Waals surface area contributed by atoms with E-state index in [-0.39, 0.29) is 16.3 Å². The predicted octanol–water partition coefficient (Wildman–Crippen LogP) is 1.84. The van der Waals surface area contributed by atoms with E-state index in [0.717, 1.165) is 5.56 Å². The Balaban J connectivity index is 1.97. The molecule has 0 spiro atoms. The summed E-state index contributed by atoms with van der Waals surface area (Å²) in [5.41, 5.74) is 1.78. The topological polar surface area (TPSA) is 128 Å². The quantitative estimate of drug-likeness (QED) is 0.668. The van der Waals surface area contributed by atoms with E-state index in [9.17, 15) is 18.0 Å². The van der Waals surface area contributed by atoms with Crippen LogP contribution in [0.15, 0.2) is 33.7 Å². The van der Waals surface area contributed by atoms with Gasteiger partial charge in [-0.3, -0.25) is 9.59 Å². The van der Waals surface area contributed by atoms with Crippen LogP contribution < -0.4 is 10.0 Å². The average Bonchev–Trinajstić information content (AvgIpc) is 2.95. The van der Waals surface area contributed by atoms with Gasteiger partial charge in [0, 0.05) is 5.69 Å². The highest BCUT2D eigenvalue weighted by atomic mass is 32.2. The molecule has 0 aliphatic rings. The van der Waals surface area contributed by atoms with E-state index in [1.807, 2.05) is 19.1 Å². The number of carbonyl (C=O) groups is 2. The number of ether oxygens (including phenoxy) is 1. The van der Waals surface area contributed by atoms with Gasteiger partial charge in [0.15, 0.2) is 11.9 Å². The van der Waals surface area contributed by atoms with Crippen LogP contribution in [0.2, 0.25) is 0 Å². The van der Waals surface area contributed by atoms with Gasteiger partial charge in [0.2, 0.25) is 10.0 Å². The van der Waals surface area contributed by atoms with E-state index in [0.29, 0.717) is 5.69 Å². The van der Waals surface area contributed by atoms with E-state index in [4.69, 9.17) is 9.26 Å². The molecule has 9 nitrogen and oxygen atoms in total. The number of carbonyl (C=O) groups excluding carboxylic acids is 2. The Labute approximate surface area is 163 Å². The van der Waals surface area contributed by atoms with Gasteiger partial charge >= 0.3 is 5.97 Å². The summed E-state index contributed by atoms with van der Waals surface area (Å²) >= 11 is 0. The molecule has 10 heteroatoms. The number of rotatable bonds is 7. The fourth-order valence-corrected chi connectivity index (χ4v) is 3.93. The van der Waals surface area contributed by atoms with Crippen LogP contribution >= 0.6 is 0 Å². The van der Waals surface area contributed by atoms with Crippen molar-refractivity contribution in [1.29, 1.82) is 0 Å². The van der Waals surface area contributed by atoms with E-state index in [1.54, 1.807) is 12.1 Å². The van der Waals surface area contributed by atoms with Crippen molar-refractivity contribution in [1.82, 2.24) is 9.88 Å². The molecular formula is C18H23N3O6S. The minimum atomic E-state index is -4.04.